The molecule has 1 aromatic carbocycles. The second kappa shape index (κ2) is 16.5. The van der Waals surface area contributed by atoms with Gasteiger partial charge in [0.2, 0.25) is 0 Å². The molecule has 5 unspecified atom stereocenters. The molecule has 0 aliphatic heterocycles. The van der Waals surface area contributed by atoms with Gasteiger partial charge >= 0.3 is 24.2 Å². The van der Waals surface area contributed by atoms with Crippen molar-refractivity contribution in [3.05, 3.63) is 23.8 Å². The lowest BCUT2D eigenvalue weighted by atomic mass is 9.79. The molecule has 6 atom stereocenters. The van der Waals surface area contributed by atoms with E-state index in [0.717, 1.165) is 32.1 Å². The number of hydrogen-bond acceptors (Lipinski definition) is 10. The SMILES string of the molecule is CC(C)C(C)OC(=O)Oc1ccc(C(C(C)C(C)OC(=O)C2CCCCC2)[C@H](N)C(=O)O)cc1OC(=O)OC(C)C(C)C. The number of benzene rings is 1. The summed E-state index contributed by atoms with van der Waals surface area (Å²) < 4.78 is 27.3. The minimum Gasteiger partial charge on any atom is -0.480 e. The monoisotopic (exact) mass is 607 g/mol. The minimum atomic E-state index is -1.39. The van der Waals surface area contributed by atoms with Crippen LogP contribution in [-0.2, 0) is 23.8 Å². The highest BCUT2D eigenvalue weighted by Gasteiger charge is 2.37. The Morgan fingerprint density at radius 3 is 1.74 bits per heavy atom. The molecule has 1 fully saturated rings. The molecule has 0 radical (unpaired) electrons. The van der Waals surface area contributed by atoms with Crippen LogP contribution >= 0.6 is 0 Å². The van der Waals surface area contributed by atoms with Crippen LogP contribution in [0.1, 0.15) is 99.0 Å². The van der Waals surface area contributed by atoms with Gasteiger partial charge in [-0.3, -0.25) is 9.59 Å². The average molecular weight is 608 g/mol. The molecule has 0 saturated heterocycles. The summed E-state index contributed by atoms with van der Waals surface area (Å²) in [6.45, 7) is 14.4. The number of aliphatic carboxylic acids is 1. The Labute approximate surface area is 254 Å². The molecule has 1 aliphatic carbocycles. The van der Waals surface area contributed by atoms with Crippen LogP contribution in [0.25, 0.3) is 0 Å². The number of carbonyl (C=O) groups excluding carboxylic acids is 3. The largest absolute Gasteiger partial charge is 0.514 e. The molecule has 11 nitrogen and oxygen atoms in total. The van der Waals surface area contributed by atoms with Gasteiger partial charge in [0.1, 0.15) is 24.4 Å². The van der Waals surface area contributed by atoms with Crippen molar-refractivity contribution in [2.45, 2.75) is 118 Å². The predicted molar refractivity (Wildman–Crippen MR) is 159 cm³/mol. The van der Waals surface area contributed by atoms with E-state index in [1.54, 1.807) is 27.7 Å². The number of ether oxygens (including phenoxy) is 5. The Balaban J connectivity index is 2.42. The van der Waals surface area contributed by atoms with Gasteiger partial charge < -0.3 is 34.5 Å². The number of esters is 1. The Kier molecular flexibility index (Phi) is 13.8. The third-order valence-corrected chi connectivity index (χ3v) is 8.40. The van der Waals surface area contributed by atoms with E-state index in [1.165, 1.54) is 18.2 Å². The summed E-state index contributed by atoms with van der Waals surface area (Å²) in [5, 5.41) is 9.87. The van der Waals surface area contributed by atoms with Crippen LogP contribution in [0.15, 0.2) is 18.2 Å². The molecule has 0 spiro atoms. The summed E-state index contributed by atoms with van der Waals surface area (Å²) in [4.78, 5) is 50.1. The normalized spacial score (nSPS) is 18.1. The molecule has 3 N–H and O–H groups in total. The average Bonchev–Trinajstić information content (AvgIpc) is 2.94. The topological polar surface area (TPSA) is 161 Å². The highest BCUT2D eigenvalue weighted by Crippen LogP contribution is 2.38. The fourth-order valence-corrected chi connectivity index (χ4v) is 4.71. The van der Waals surface area contributed by atoms with E-state index in [0.29, 0.717) is 5.56 Å². The summed E-state index contributed by atoms with van der Waals surface area (Å²) in [5.41, 5.74) is 6.55. The Bertz CT molecular complexity index is 1100. The molecule has 0 aromatic heterocycles. The van der Waals surface area contributed by atoms with E-state index in [-0.39, 0.29) is 35.2 Å². The summed E-state index contributed by atoms with van der Waals surface area (Å²) >= 11 is 0. The van der Waals surface area contributed by atoms with Gasteiger partial charge in [-0.05, 0) is 63.1 Å². The summed E-state index contributed by atoms with van der Waals surface area (Å²) in [5.74, 6) is -3.44. The fraction of sp³-hybridized carbons (Fsp3) is 0.688. The first-order valence-electron chi connectivity index (χ1n) is 15.2. The number of carbonyl (C=O) groups is 4. The second-order valence-electron chi connectivity index (χ2n) is 12.3. The molecule has 0 bridgehead atoms. The van der Waals surface area contributed by atoms with E-state index in [4.69, 9.17) is 29.4 Å². The van der Waals surface area contributed by atoms with Gasteiger partial charge in [0, 0.05) is 11.8 Å². The molecular weight excluding hydrogens is 558 g/mol. The standard InChI is InChI=1S/C32H49NO10/c1-17(2)20(6)40-31(37)42-25-15-14-24(16-26(25)43-32(38)41-21(7)18(3)4)27(28(33)29(34)35)19(5)22(8)39-30(36)23-12-10-9-11-13-23/h14-23,27-28H,9-13,33H2,1-8H3,(H,34,35)/t19?,20?,21?,22?,27?,28-/m0/s1. The maximum Gasteiger partial charge on any atom is 0.514 e. The first-order chi connectivity index (χ1) is 20.1. The smallest absolute Gasteiger partial charge is 0.480 e. The van der Waals surface area contributed by atoms with Gasteiger partial charge in [-0.2, -0.15) is 0 Å². The first-order valence-corrected chi connectivity index (χ1v) is 15.2. The zero-order valence-electron chi connectivity index (χ0n) is 26.7. The van der Waals surface area contributed by atoms with Crippen molar-refractivity contribution in [2.75, 3.05) is 0 Å². The number of nitrogens with two attached hydrogens (primary N) is 1. The van der Waals surface area contributed by atoms with Crippen molar-refractivity contribution in [3.63, 3.8) is 0 Å². The molecule has 242 valence electrons. The van der Waals surface area contributed by atoms with E-state index >= 15 is 0 Å². The highest BCUT2D eigenvalue weighted by atomic mass is 16.7. The molecule has 43 heavy (non-hydrogen) atoms. The molecular formula is C32H49NO10. The third-order valence-electron chi connectivity index (χ3n) is 8.40. The predicted octanol–water partition coefficient (Wildman–Crippen LogP) is 6.45. The zero-order valence-corrected chi connectivity index (χ0v) is 26.7. The first kappa shape index (κ1) is 35.9. The van der Waals surface area contributed by atoms with Crippen molar-refractivity contribution in [2.24, 2.45) is 29.4 Å². The molecule has 1 saturated carbocycles. The van der Waals surface area contributed by atoms with Crippen LogP contribution in [0.4, 0.5) is 9.59 Å². The molecule has 11 heteroatoms. The molecule has 0 amide bonds. The van der Waals surface area contributed by atoms with Crippen LogP contribution < -0.4 is 15.2 Å². The molecule has 1 aromatic rings. The van der Waals surface area contributed by atoms with E-state index in [9.17, 15) is 24.3 Å². The Hall–Kier alpha value is -3.34. The van der Waals surface area contributed by atoms with Crippen LogP contribution in [0.5, 0.6) is 11.5 Å². The Morgan fingerprint density at radius 2 is 1.26 bits per heavy atom. The maximum atomic E-state index is 12.9. The minimum absolute atomic E-state index is 0.0127. The van der Waals surface area contributed by atoms with Crippen molar-refractivity contribution >= 4 is 24.2 Å². The number of hydrogen-bond donors (Lipinski definition) is 2. The Morgan fingerprint density at radius 1 is 0.744 bits per heavy atom. The second-order valence-corrected chi connectivity index (χ2v) is 12.3. The van der Waals surface area contributed by atoms with E-state index in [1.807, 2.05) is 27.7 Å². The van der Waals surface area contributed by atoms with Gasteiger partial charge in [0.05, 0.1) is 5.92 Å². The van der Waals surface area contributed by atoms with Gasteiger partial charge in [-0.25, -0.2) is 9.59 Å². The maximum absolute atomic E-state index is 12.9. The lowest BCUT2D eigenvalue weighted by Crippen LogP contribution is -2.43. The molecule has 1 aliphatic rings. The summed E-state index contributed by atoms with van der Waals surface area (Å²) in [6.07, 6.45) is 0.948. The zero-order chi connectivity index (χ0) is 32.4. The summed E-state index contributed by atoms with van der Waals surface area (Å²) in [6, 6.07) is 2.89. The van der Waals surface area contributed by atoms with Crippen LogP contribution in [0.2, 0.25) is 0 Å². The van der Waals surface area contributed by atoms with Gasteiger partial charge in [-0.15, -0.1) is 0 Å². The molecule has 2 rings (SSSR count). The van der Waals surface area contributed by atoms with Crippen molar-refractivity contribution in [1.82, 2.24) is 0 Å². The molecule has 0 heterocycles. The fourth-order valence-electron chi connectivity index (χ4n) is 4.71. The van der Waals surface area contributed by atoms with E-state index in [2.05, 4.69) is 0 Å². The van der Waals surface area contributed by atoms with Gasteiger partial charge in [-0.1, -0.05) is 59.9 Å². The number of carboxylic acid groups (broad SMARTS) is 1. The number of carboxylic acids is 1. The van der Waals surface area contributed by atoms with Crippen molar-refractivity contribution in [1.29, 1.82) is 0 Å². The van der Waals surface area contributed by atoms with Crippen LogP contribution in [0, 0.1) is 23.7 Å². The van der Waals surface area contributed by atoms with Gasteiger partial charge in [0.25, 0.3) is 0 Å². The van der Waals surface area contributed by atoms with Crippen molar-refractivity contribution in [3.8, 4) is 11.5 Å². The van der Waals surface area contributed by atoms with E-state index < -0.39 is 54.5 Å². The van der Waals surface area contributed by atoms with Crippen molar-refractivity contribution < 1.29 is 48.0 Å². The lowest BCUT2D eigenvalue weighted by molar-refractivity contribution is -0.157. The van der Waals surface area contributed by atoms with Crippen LogP contribution in [-0.4, -0.2) is 53.7 Å². The van der Waals surface area contributed by atoms with Crippen LogP contribution in [0.3, 0.4) is 0 Å². The third kappa shape index (κ3) is 10.7. The summed E-state index contributed by atoms with van der Waals surface area (Å²) in [7, 11) is 0. The number of rotatable bonds is 13. The van der Waals surface area contributed by atoms with Gasteiger partial charge in [0.15, 0.2) is 11.5 Å². The highest BCUT2D eigenvalue weighted by molar-refractivity contribution is 5.75. The lowest BCUT2D eigenvalue weighted by Gasteiger charge is -2.33. The quantitative estimate of drug-likeness (QED) is 0.144.